The Balaban J connectivity index is 4.08. The molecule has 0 aromatic rings. The molecule has 3 nitrogen and oxygen atoms in total. The van der Waals surface area contributed by atoms with Crippen molar-refractivity contribution in [3.8, 4) is 0 Å². The Morgan fingerprint density at radius 3 is 2.40 bits per heavy atom. The van der Waals surface area contributed by atoms with Crippen LogP contribution in [0.5, 0.6) is 0 Å². The zero-order chi connectivity index (χ0) is 12.1. The molecule has 0 spiro atoms. The van der Waals surface area contributed by atoms with Crippen molar-refractivity contribution in [1.82, 2.24) is 10.2 Å². The zero-order valence-corrected chi connectivity index (χ0v) is 9.19. The Morgan fingerprint density at radius 1 is 1.47 bits per heavy atom. The first-order valence-corrected chi connectivity index (χ1v) is 4.80. The molecule has 0 heterocycles. The van der Waals surface area contributed by atoms with Crippen LogP contribution in [-0.2, 0) is 4.79 Å². The number of carbonyl (C=O) groups is 1. The third-order valence-electron chi connectivity index (χ3n) is 1.91. The van der Waals surface area contributed by atoms with Crippen LogP contribution in [0.4, 0.5) is 13.2 Å². The predicted octanol–water partition coefficient (Wildman–Crippen LogP) is 1.25. The van der Waals surface area contributed by atoms with Crippen LogP contribution in [0.3, 0.4) is 0 Å². The highest BCUT2D eigenvalue weighted by Crippen LogP contribution is 2.16. The minimum atomic E-state index is -4.33. The van der Waals surface area contributed by atoms with E-state index in [1.165, 1.54) is 0 Å². The third-order valence-corrected chi connectivity index (χ3v) is 1.91. The number of carbonyl (C=O) groups excluding carboxylic acids is 1. The van der Waals surface area contributed by atoms with Gasteiger partial charge in [-0.2, -0.15) is 13.2 Å². The van der Waals surface area contributed by atoms with Crippen molar-refractivity contribution >= 4 is 5.91 Å². The second-order valence-electron chi connectivity index (χ2n) is 3.52. The Bertz CT molecular complexity index is 206. The van der Waals surface area contributed by atoms with Crippen LogP contribution >= 0.6 is 0 Å². The Kier molecular flexibility index (Phi) is 5.64. The maximum atomic E-state index is 12.0. The summed E-state index contributed by atoms with van der Waals surface area (Å²) in [5.74, 6) is -0.925. The predicted molar refractivity (Wildman–Crippen MR) is 51.4 cm³/mol. The van der Waals surface area contributed by atoms with Crippen molar-refractivity contribution in [2.45, 2.75) is 20.0 Å². The lowest BCUT2D eigenvalue weighted by Gasteiger charge is -2.22. The summed E-state index contributed by atoms with van der Waals surface area (Å²) >= 11 is 0. The van der Waals surface area contributed by atoms with Crippen LogP contribution in [0.15, 0.2) is 0 Å². The molecule has 0 aliphatic heterocycles. The number of nitrogens with one attached hydrogen (secondary N) is 1. The zero-order valence-electron chi connectivity index (χ0n) is 9.19. The molecular weight excluding hydrogens is 209 g/mol. The molecule has 6 heteroatoms. The average Bonchev–Trinajstić information content (AvgIpc) is 2.10. The van der Waals surface area contributed by atoms with Gasteiger partial charge in [0.05, 0.1) is 0 Å². The minimum absolute atomic E-state index is 0.400. The van der Waals surface area contributed by atoms with Gasteiger partial charge in [0.15, 0.2) is 0 Å². The van der Waals surface area contributed by atoms with Crippen LogP contribution in [0.25, 0.3) is 0 Å². The van der Waals surface area contributed by atoms with Crippen LogP contribution in [-0.4, -0.2) is 43.7 Å². The van der Waals surface area contributed by atoms with Gasteiger partial charge in [-0.25, -0.2) is 0 Å². The first-order valence-electron chi connectivity index (χ1n) is 4.80. The highest BCUT2D eigenvalue weighted by Gasteiger charge is 2.32. The molecule has 1 atom stereocenters. The van der Waals surface area contributed by atoms with E-state index in [9.17, 15) is 18.0 Å². The number of amides is 1. The summed E-state index contributed by atoms with van der Waals surface area (Å²) in [5, 5.41) is 2.92. The second kappa shape index (κ2) is 5.95. The topological polar surface area (TPSA) is 32.3 Å². The van der Waals surface area contributed by atoms with E-state index in [0.717, 1.165) is 7.05 Å². The van der Waals surface area contributed by atoms with E-state index in [0.29, 0.717) is 18.0 Å². The standard InChI is InChI=1S/C9H17F3N2O/c1-4-13-5-7(2)8(15)14(3)6-9(10,11)12/h7,13H,4-6H2,1-3H3. The largest absolute Gasteiger partial charge is 0.406 e. The molecule has 1 unspecified atom stereocenters. The number of alkyl halides is 3. The summed E-state index contributed by atoms with van der Waals surface area (Å²) in [6.07, 6.45) is -4.33. The maximum absolute atomic E-state index is 12.0. The molecule has 0 fully saturated rings. The van der Waals surface area contributed by atoms with E-state index >= 15 is 0 Å². The lowest BCUT2D eigenvalue weighted by Crippen LogP contribution is -2.41. The van der Waals surface area contributed by atoms with E-state index in [-0.39, 0.29) is 0 Å². The third kappa shape index (κ3) is 6.33. The van der Waals surface area contributed by atoms with Gasteiger partial charge in [0, 0.05) is 19.5 Å². The summed E-state index contributed by atoms with van der Waals surface area (Å²) in [4.78, 5) is 12.1. The highest BCUT2D eigenvalue weighted by atomic mass is 19.4. The molecule has 0 aromatic heterocycles. The molecular formula is C9H17F3N2O. The smallest absolute Gasteiger partial charge is 0.336 e. The molecule has 1 N–H and O–H groups in total. The quantitative estimate of drug-likeness (QED) is 0.765. The van der Waals surface area contributed by atoms with Crippen LogP contribution in [0.2, 0.25) is 0 Å². The van der Waals surface area contributed by atoms with Crippen molar-refractivity contribution < 1.29 is 18.0 Å². The maximum Gasteiger partial charge on any atom is 0.406 e. The molecule has 90 valence electrons. The fourth-order valence-electron chi connectivity index (χ4n) is 1.17. The molecule has 1 amide bonds. The van der Waals surface area contributed by atoms with Gasteiger partial charge in [0.25, 0.3) is 0 Å². The lowest BCUT2D eigenvalue weighted by molar-refractivity contribution is -0.160. The van der Waals surface area contributed by atoms with Crippen molar-refractivity contribution in [2.75, 3.05) is 26.7 Å². The normalized spacial score (nSPS) is 13.7. The number of hydrogen-bond acceptors (Lipinski definition) is 2. The summed E-state index contributed by atoms with van der Waals surface area (Å²) in [6.45, 7) is 3.38. The number of rotatable bonds is 5. The van der Waals surface area contributed by atoms with Gasteiger partial charge in [0.1, 0.15) is 6.54 Å². The Hall–Kier alpha value is -0.780. The Morgan fingerprint density at radius 2 is 2.00 bits per heavy atom. The fraction of sp³-hybridized carbons (Fsp3) is 0.889. The second-order valence-corrected chi connectivity index (χ2v) is 3.52. The molecule has 0 saturated heterocycles. The van der Waals surface area contributed by atoms with Crippen molar-refractivity contribution in [1.29, 1.82) is 0 Å². The molecule has 0 aliphatic rings. The van der Waals surface area contributed by atoms with Crippen molar-refractivity contribution in [3.05, 3.63) is 0 Å². The van der Waals surface area contributed by atoms with Gasteiger partial charge < -0.3 is 10.2 Å². The van der Waals surface area contributed by atoms with Gasteiger partial charge in [-0.3, -0.25) is 4.79 Å². The van der Waals surface area contributed by atoms with E-state index in [1.807, 2.05) is 6.92 Å². The number of halogens is 3. The number of nitrogens with zero attached hydrogens (tertiary/aromatic N) is 1. The number of hydrogen-bond donors (Lipinski definition) is 1. The van der Waals surface area contributed by atoms with Gasteiger partial charge >= 0.3 is 6.18 Å². The molecule has 0 rings (SSSR count). The average molecular weight is 226 g/mol. The van der Waals surface area contributed by atoms with E-state index in [4.69, 9.17) is 0 Å². The molecule has 0 bridgehead atoms. The molecule has 0 radical (unpaired) electrons. The van der Waals surface area contributed by atoms with E-state index in [1.54, 1.807) is 6.92 Å². The summed E-state index contributed by atoms with van der Waals surface area (Å²) in [5.41, 5.74) is 0. The van der Waals surface area contributed by atoms with Crippen LogP contribution < -0.4 is 5.32 Å². The summed E-state index contributed by atoms with van der Waals surface area (Å²) < 4.78 is 35.9. The SMILES string of the molecule is CCNCC(C)C(=O)N(C)CC(F)(F)F. The summed E-state index contributed by atoms with van der Waals surface area (Å²) in [7, 11) is 1.16. The minimum Gasteiger partial charge on any atom is -0.336 e. The van der Waals surface area contributed by atoms with Crippen LogP contribution in [0, 0.1) is 5.92 Å². The van der Waals surface area contributed by atoms with Crippen LogP contribution in [0.1, 0.15) is 13.8 Å². The molecule has 0 aliphatic carbocycles. The first-order chi connectivity index (χ1) is 6.78. The first kappa shape index (κ1) is 14.2. The van der Waals surface area contributed by atoms with E-state index in [2.05, 4.69) is 5.32 Å². The monoisotopic (exact) mass is 226 g/mol. The van der Waals surface area contributed by atoms with Gasteiger partial charge in [-0.1, -0.05) is 13.8 Å². The van der Waals surface area contributed by atoms with E-state index < -0.39 is 24.5 Å². The van der Waals surface area contributed by atoms with Gasteiger partial charge in [0.2, 0.25) is 5.91 Å². The molecule has 15 heavy (non-hydrogen) atoms. The van der Waals surface area contributed by atoms with Crippen molar-refractivity contribution in [3.63, 3.8) is 0 Å². The van der Waals surface area contributed by atoms with Crippen molar-refractivity contribution in [2.24, 2.45) is 5.92 Å². The highest BCUT2D eigenvalue weighted by molar-refractivity contribution is 5.78. The molecule has 0 aromatic carbocycles. The Labute approximate surface area is 87.6 Å². The van der Waals surface area contributed by atoms with Gasteiger partial charge in [-0.15, -0.1) is 0 Å². The summed E-state index contributed by atoms with van der Waals surface area (Å²) in [6, 6.07) is 0. The molecule has 0 saturated carbocycles. The van der Waals surface area contributed by atoms with Gasteiger partial charge in [-0.05, 0) is 6.54 Å². The lowest BCUT2D eigenvalue weighted by atomic mass is 10.1. The fourth-order valence-corrected chi connectivity index (χ4v) is 1.17.